The maximum absolute atomic E-state index is 10.7. The third kappa shape index (κ3) is 1.38. The van der Waals surface area contributed by atoms with Crippen LogP contribution in [0.3, 0.4) is 0 Å². The van der Waals surface area contributed by atoms with Crippen LogP contribution in [0.2, 0.25) is 0 Å². The molecule has 9 heavy (non-hydrogen) atoms. The number of amides is 2. The Morgan fingerprint density at radius 1 is 1.89 bits per heavy atom. The molecule has 2 amide bonds. The topological polar surface area (TPSA) is 34.4 Å². The van der Waals surface area contributed by atoms with E-state index in [0.717, 1.165) is 0 Å². The zero-order valence-electron chi connectivity index (χ0n) is 5.07. The molecule has 0 bridgehead atoms. The van der Waals surface area contributed by atoms with Gasteiger partial charge in [-0.15, -0.1) is 11.8 Å². The van der Waals surface area contributed by atoms with Gasteiger partial charge in [0.25, 0.3) is 0 Å². The van der Waals surface area contributed by atoms with Gasteiger partial charge < -0.3 is 0 Å². The quantitative estimate of drug-likeness (QED) is 0.503. The van der Waals surface area contributed by atoms with Crippen molar-refractivity contribution in [3.8, 4) is 0 Å². The highest BCUT2D eigenvalue weighted by Gasteiger charge is 2.11. The average molecular weight is 143 g/mol. The molecular weight excluding hydrogens is 136 g/mol. The first-order valence-corrected chi connectivity index (χ1v) is 3.58. The molecule has 0 aromatic heterocycles. The zero-order valence-corrected chi connectivity index (χ0v) is 5.89. The van der Waals surface area contributed by atoms with Crippen molar-refractivity contribution in [3.63, 3.8) is 0 Å². The smallest absolute Gasteiger partial charge is 0.289 e. The Labute approximate surface area is 58.1 Å². The summed E-state index contributed by atoms with van der Waals surface area (Å²) in [5.41, 5.74) is 0. The van der Waals surface area contributed by atoms with E-state index in [2.05, 4.69) is 5.32 Å². The van der Waals surface area contributed by atoms with Crippen LogP contribution in [0.5, 0.6) is 0 Å². The fourth-order valence-electron chi connectivity index (χ4n) is 0.530. The molecule has 0 saturated carbocycles. The molecule has 1 aliphatic rings. The molecule has 0 saturated heterocycles. The molecule has 0 aliphatic carbocycles. The van der Waals surface area contributed by atoms with Gasteiger partial charge in [0.15, 0.2) is 0 Å². The summed E-state index contributed by atoms with van der Waals surface area (Å²) >= 11 is 1.59. The fraction of sp³-hybridized carbons (Fsp3) is 0.400. The molecular formula is C5H7N2OS. The van der Waals surface area contributed by atoms with Crippen LogP contribution in [0.4, 0.5) is 4.79 Å². The first-order valence-electron chi connectivity index (χ1n) is 2.53. The monoisotopic (exact) mass is 143 g/mol. The summed E-state index contributed by atoms with van der Waals surface area (Å²) in [4.78, 5) is 12.3. The van der Waals surface area contributed by atoms with E-state index < -0.39 is 0 Å². The van der Waals surface area contributed by atoms with Crippen LogP contribution in [0.15, 0.2) is 11.6 Å². The SMILES string of the molecule is C[N]C(=O)N1C=CSC1. The lowest BCUT2D eigenvalue weighted by molar-refractivity contribution is 0.223. The molecule has 1 heterocycles. The van der Waals surface area contributed by atoms with Crippen molar-refractivity contribution in [3.05, 3.63) is 11.6 Å². The van der Waals surface area contributed by atoms with Gasteiger partial charge in [0.2, 0.25) is 0 Å². The van der Waals surface area contributed by atoms with Gasteiger partial charge in [-0.05, 0) is 5.41 Å². The molecule has 0 unspecified atom stereocenters. The van der Waals surface area contributed by atoms with E-state index in [9.17, 15) is 4.79 Å². The second-order valence-corrected chi connectivity index (χ2v) is 2.42. The van der Waals surface area contributed by atoms with Crippen molar-refractivity contribution in [1.82, 2.24) is 10.2 Å². The Kier molecular flexibility index (Phi) is 2.00. The summed E-state index contributed by atoms with van der Waals surface area (Å²) < 4.78 is 0. The highest BCUT2D eigenvalue weighted by molar-refractivity contribution is 8.02. The molecule has 0 N–H and O–H groups in total. The van der Waals surface area contributed by atoms with E-state index in [1.165, 1.54) is 7.05 Å². The van der Waals surface area contributed by atoms with Gasteiger partial charge in [0.05, 0.1) is 5.88 Å². The fourth-order valence-corrected chi connectivity index (χ4v) is 1.21. The Bertz CT molecular complexity index is 146. The molecule has 0 fully saturated rings. The van der Waals surface area contributed by atoms with Crippen molar-refractivity contribution < 1.29 is 4.79 Å². The van der Waals surface area contributed by atoms with Crippen LogP contribution in [0.1, 0.15) is 0 Å². The molecule has 0 aromatic carbocycles. The predicted molar refractivity (Wildman–Crippen MR) is 36.9 cm³/mol. The zero-order chi connectivity index (χ0) is 6.69. The second-order valence-electron chi connectivity index (χ2n) is 1.56. The van der Waals surface area contributed by atoms with E-state index in [4.69, 9.17) is 0 Å². The van der Waals surface area contributed by atoms with Crippen molar-refractivity contribution in [2.75, 3.05) is 12.9 Å². The molecule has 3 nitrogen and oxygen atoms in total. The Balaban J connectivity index is 2.43. The average Bonchev–Trinajstić information content (AvgIpc) is 2.37. The number of urea groups is 1. The lowest BCUT2D eigenvalue weighted by Crippen LogP contribution is -2.27. The van der Waals surface area contributed by atoms with E-state index in [1.807, 2.05) is 5.41 Å². The largest absolute Gasteiger partial charge is 0.343 e. The molecule has 1 aliphatic heterocycles. The summed E-state index contributed by atoms with van der Waals surface area (Å²) in [6, 6.07) is -0.170. The van der Waals surface area contributed by atoms with Crippen LogP contribution >= 0.6 is 11.8 Å². The van der Waals surface area contributed by atoms with Gasteiger partial charge in [-0.25, -0.2) is 10.1 Å². The maximum Gasteiger partial charge on any atom is 0.343 e. The lowest BCUT2D eigenvalue weighted by atomic mass is 10.7. The molecule has 4 heteroatoms. The van der Waals surface area contributed by atoms with Gasteiger partial charge in [0, 0.05) is 13.2 Å². The minimum absolute atomic E-state index is 0.170. The molecule has 0 atom stereocenters. The number of hydrogen-bond donors (Lipinski definition) is 0. The van der Waals surface area contributed by atoms with Gasteiger partial charge in [0.1, 0.15) is 0 Å². The van der Waals surface area contributed by atoms with Crippen molar-refractivity contribution in [2.45, 2.75) is 0 Å². The number of nitrogens with zero attached hydrogens (tertiary/aromatic N) is 2. The van der Waals surface area contributed by atoms with Crippen LogP contribution in [-0.4, -0.2) is 23.9 Å². The van der Waals surface area contributed by atoms with Crippen LogP contribution in [0.25, 0.3) is 0 Å². The number of rotatable bonds is 0. The van der Waals surface area contributed by atoms with E-state index in [0.29, 0.717) is 5.88 Å². The summed E-state index contributed by atoms with van der Waals surface area (Å²) in [6.07, 6.45) is 1.74. The lowest BCUT2D eigenvalue weighted by Gasteiger charge is -2.08. The Morgan fingerprint density at radius 3 is 3.11 bits per heavy atom. The first kappa shape index (κ1) is 6.48. The first-order chi connectivity index (χ1) is 4.34. The summed E-state index contributed by atoms with van der Waals surface area (Å²) in [5.74, 6) is 0.705. The third-order valence-corrected chi connectivity index (χ3v) is 1.73. The van der Waals surface area contributed by atoms with Crippen LogP contribution < -0.4 is 5.32 Å². The molecule has 0 aromatic rings. The van der Waals surface area contributed by atoms with Gasteiger partial charge in [-0.3, -0.25) is 4.90 Å². The van der Waals surface area contributed by atoms with Gasteiger partial charge >= 0.3 is 6.03 Å². The van der Waals surface area contributed by atoms with Gasteiger partial charge in [-0.2, -0.15) is 0 Å². The van der Waals surface area contributed by atoms with Crippen LogP contribution in [0, 0.1) is 0 Å². The maximum atomic E-state index is 10.7. The van der Waals surface area contributed by atoms with E-state index >= 15 is 0 Å². The molecule has 1 radical (unpaired) electrons. The number of thioether (sulfide) groups is 1. The van der Waals surface area contributed by atoms with E-state index in [1.54, 1.807) is 22.9 Å². The molecule has 0 spiro atoms. The molecule has 49 valence electrons. The van der Waals surface area contributed by atoms with Crippen molar-refractivity contribution in [1.29, 1.82) is 0 Å². The van der Waals surface area contributed by atoms with Crippen LogP contribution in [-0.2, 0) is 0 Å². The summed E-state index contributed by atoms with van der Waals surface area (Å²) in [5, 5.41) is 5.37. The number of hydrogen-bond acceptors (Lipinski definition) is 2. The Hall–Kier alpha value is -0.640. The Morgan fingerprint density at radius 2 is 2.67 bits per heavy atom. The number of carbonyl (C=O) groups excluding carboxylic acids is 1. The normalized spacial score (nSPS) is 16.3. The second kappa shape index (κ2) is 2.77. The highest BCUT2D eigenvalue weighted by Crippen LogP contribution is 2.14. The molecule has 1 rings (SSSR count). The third-order valence-electron chi connectivity index (χ3n) is 0.988. The standard InChI is InChI=1S/C5H7N2OS/c1-6-5(8)7-2-3-9-4-7/h2-3H,4H2,1H3. The summed E-state index contributed by atoms with van der Waals surface area (Å²) in [7, 11) is 1.50. The summed E-state index contributed by atoms with van der Waals surface area (Å²) in [6.45, 7) is 0. The van der Waals surface area contributed by atoms with Crippen molar-refractivity contribution >= 4 is 17.8 Å². The minimum atomic E-state index is -0.170. The highest BCUT2D eigenvalue weighted by atomic mass is 32.2. The predicted octanol–water partition coefficient (Wildman–Crippen LogP) is 0.818. The minimum Gasteiger partial charge on any atom is -0.289 e. The van der Waals surface area contributed by atoms with Crippen molar-refractivity contribution in [2.24, 2.45) is 0 Å². The van der Waals surface area contributed by atoms with E-state index in [-0.39, 0.29) is 6.03 Å². The van der Waals surface area contributed by atoms with Gasteiger partial charge in [-0.1, -0.05) is 0 Å². The number of carbonyl (C=O) groups is 1.